The summed E-state index contributed by atoms with van der Waals surface area (Å²) in [6.07, 6.45) is 2.95. The van der Waals surface area contributed by atoms with Gasteiger partial charge < -0.3 is 4.57 Å². The molecule has 0 saturated carbocycles. The van der Waals surface area contributed by atoms with Crippen LogP contribution in [0.15, 0.2) is 59.3 Å². The fourth-order valence-electron chi connectivity index (χ4n) is 2.11. The topological polar surface area (TPSA) is 17.8 Å². The summed E-state index contributed by atoms with van der Waals surface area (Å²) < 4.78 is 3.28. The van der Waals surface area contributed by atoms with E-state index in [0.29, 0.717) is 0 Å². The van der Waals surface area contributed by atoms with Crippen LogP contribution in [-0.4, -0.2) is 9.55 Å². The highest BCUT2D eigenvalue weighted by Gasteiger charge is 2.02. The first-order valence-corrected chi connectivity index (χ1v) is 6.76. The second-order valence-corrected chi connectivity index (χ2v) is 5.22. The van der Waals surface area contributed by atoms with Gasteiger partial charge in [-0.05, 0) is 30.2 Å². The molecule has 3 aromatic rings. The number of aryl methyl sites for hydroxylation is 2. The minimum absolute atomic E-state index is 0.960. The number of imidazole rings is 1. The van der Waals surface area contributed by atoms with E-state index in [4.69, 9.17) is 0 Å². The van der Waals surface area contributed by atoms with E-state index in [0.717, 1.165) is 23.0 Å². The highest BCUT2D eigenvalue weighted by Crippen LogP contribution is 2.18. The van der Waals surface area contributed by atoms with E-state index in [2.05, 4.69) is 61.9 Å². The Labute approximate surface area is 114 Å². The van der Waals surface area contributed by atoms with Crippen LogP contribution < -0.4 is 0 Å². The van der Waals surface area contributed by atoms with Gasteiger partial charge in [0, 0.05) is 11.0 Å². The quantitative estimate of drug-likeness (QED) is 0.714. The molecule has 0 atom stereocenters. The van der Waals surface area contributed by atoms with Crippen LogP contribution in [-0.2, 0) is 13.0 Å². The van der Waals surface area contributed by atoms with Gasteiger partial charge in [-0.15, -0.1) is 0 Å². The number of nitrogens with zero attached hydrogens (tertiary/aromatic N) is 2. The Balaban J connectivity index is 1.83. The fourth-order valence-corrected chi connectivity index (χ4v) is 2.46. The van der Waals surface area contributed by atoms with Crippen molar-refractivity contribution in [2.45, 2.75) is 13.0 Å². The first kappa shape index (κ1) is 11.5. The summed E-state index contributed by atoms with van der Waals surface area (Å²) in [5, 5.41) is 0. The molecule has 90 valence electrons. The van der Waals surface area contributed by atoms with Crippen molar-refractivity contribution in [2.75, 3.05) is 0 Å². The average Bonchev–Trinajstić information content (AvgIpc) is 2.80. The SMILES string of the molecule is Brc1ccc2c(c1)ncn2CCc1ccccc1. The Bertz CT molecular complexity index is 659. The standard InChI is InChI=1S/C15H13BrN2/c16-13-6-7-15-14(10-13)17-11-18(15)9-8-12-4-2-1-3-5-12/h1-7,10-11H,8-9H2. The summed E-state index contributed by atoms with van der Waals surface area (Å²) in [6.45, 7) is 0.960. The first-order valence-electron chi connectivity index (χ1n) is 5.97. The largest absolute Gasteiger partial charge is 0.330 e. The monoisotopic (exact) mass is 300 g/mol. The molecule has 0 bridgehead atoms. The zero-order valence-corrected chi connectivity index (χ0v) is 11.5. The van der Waals surface area contributed by atoms with Crippen LogP contribution in [0.5, 0.6) is 0 Å². The van der Waals surface area contributed by atoms with Gasteiger partial charge in [-0.25, -0.2) is 4.98 Å². The van der Waals surface area contributed by atoms with Crippen molar-refractivity contribution < 1.29 is 0 Å². The van der Waals surface area contributed by atoms with Crippen molar-refractivity contribution in [3.8, 4) is 0 Å². The molecule has 0 amide bonds. The van der Waals surface area contributed by atoms with Crippen LogP contribution in [0.25, 0.3) is 11.0 Å². The minimum atomic E-state index is 0.960. The molecule has 0 aliphatic rings. The number of fused-ring (bicyclic) bond motifs is 1. The molecule has 1 aromatic heterocycles. The minimum Gasteiger partial charge on any atom is -0.330 e. The maximum atomic E-state index is 4.42. The van der Waals surface area contributed by atoms with E-state index in [1.165, 1.54) is 11.1 Å². The number of benzene rings is 2. The van der Waals surface area contributed by atoms with Gasteiger partial charge in [0.15, 0.2) is 0 Å². The molecule has 2 nitrogen and oxygen atoms in total. The van der Waals surface area contributed by atoms with Gasteiger partial charge in [-0.3, -0.25) is 0 Å². The van der Waals surface area contributed by atoms with Crippen molar-refractivity contribution in [2.24, 2.45) is 0 Å². The summed E-state index contributed by atoms with van der Waals surface area (Å²) in [4.78, 5) is 4.42. The molecule has 0 N–H and O–H groups in total. The molecule has 0 unspecified atom stereocenters. The number of halogens is 1. The smallest absolute Gasteiger partial charge is 0.0958 e. The van der Waals surface area contributed by atoms with Crippen LogP contribution >= 0.6 is 15.9 Å². The van der Waals surface area contributed by atoms with Crippen LogP contribution in [0, 0.1) is 0 Å². The van der Waals surface area contributed by atoms with Gasteiger partial charge in [0.2, 0.25) is 0 Å². The van der Waals surface area contributed by atoms with Gasteiger partial charge in [-0.1, -0.05) is 46.3 Å². The van der Waals surface area contributed by atoms with Gasteiger partial charge in [0.1, 0.15) is 0 Å². The van der Waals surface area contributed by atoms with Crippen molar-refractivity contribution in [3.63, 3.8) is 0 Å². The molecule has 18 heavy (non-hydrogen) atoms. The number of rotatable bonds is 3. The molecule has 3 rings (SSSR count). The zero-order valence-electron chi connectivity index (χ0n) is 9.88. The molecule has 3 heteroatoms. The van der Waals surface area contributed by atoms with Crippen molar-refractivity contribution in [1.29, 1.82) is 0 Å². The van der Waals surface area contributed by atoms with Gasteiger partial charge in [0.05, 0.1) is 17.4 Å². The second kappa shape index (κ2) is 4.94. The normalized spacial score (nSPS) is 10.9. The van der Waals surface area contributed by atoms with Crippen LogP contribution in [0.2, 0.25) is 0 Å². The van der Waals surface area contributed by atoms with E-state index in [-0.39, 0.29) is 0 Å². The summed E-state index contributed by atoms with van der Waals surface area (Å²) in [7, 11) is 0. The Morgan fingerprint density at radius 1 is 1.06 bits per heavy atom. The molecule has 1 heterocycles. The maximum absolute atomic E-state index is 4.42. The fraction of sp³-hybridized carbons (Fsp3) is 0.133. The highest BCUT2D eigenvalue weighted by atomic mass is 79.9. The predicted octanol–water partition coefficient (Wildman–Crippen LogP) is 4.04. The van der Waals surface area contributed by atoms with E-state index < -0.39 is 0 Å². The lowest BCUT2D eigenvalue weighted by atomic mass is 10.1. The van der Waals surface area contributed by atoms with Crippen molar-refractivity contribution >= 4 is 27.0 Å². The third-order valence-corrected chi connectivity index (χ3v) is 3.56. The van der Waals surface area contributed by atoms with Crippen LogP contribution in [0.3, 0.4) is 0 Å². The van der Waals surface area contributed by atoms with E-state index in [1.807, 2.05) is 18.5 Å². The van der Waals surface area contributed by atoms with Crippen LogP contribution in [0.1, 0.15) is 5.56 Å². The molecule has 0 radical (unpaired) electrons. The third-order valence-electron chi connectivity index (χ3n) is 3.07. The molecular weight excluding hydrogens is 288 g/mol. The van der Waals surface area contributed by atoms with Crippen molar-refractivity contribution in [1.82, 2.24) is 9.55 Å². The Kier molecular flexibility index (Phi) is 3.15. The Morgan fingerprint density at radius 2 is 1.89 bits per heavy atom. The Hall–Kier alpha value is -1.61. The summed E-state index contributed by atoms with van der Waals surface area (Å²) >= 11 is 3.47. The molecule has 0 aliphatic heterocycles. The van der Waals surface area contributed by atoms with Gasteiger partial charge in [-0.2, -0.15) is 0 Å². The predicted molar refractivity (Wildman–Crippen MR) is 77.6 cm³/mol. The number of hydrogen-bond acceptors (Lipinski definition) is 1. The van der Waals surface area contributed by atoms with Gasteiger partial charge >= 0.3 is 0 Å². The lowest BCUT2D eigenvalue weighted by molar-refractivity contribution is 0.716. The summed E-state index contributed by atoms with van der Waals surface area (Å²) in [5.41, 5.74) is 3.59. The third kappa shape index (κ3) is 2.31. The molecule has 0 spiro atoms. The molecular formula is C15H13BrN2. The maximum Gasteiger partial charge on any atom is 0.0958 e. The van der Waals surface area contributed by atoms with E-state index in [1.54, 1.807) is 0 Å². The zero-order chi connectivity index (χ0) is 12.4. The summed E-state index contributed by atoms with van der Waals surface area (Å²) in [5.74, 6) is 0. The number of hydrogen-bond donors (Lipinski definition) is 0. The molecule has 0 saturated heterocycles. The second-order valence-electron chi connectivity index (χ2n) is 4.31. The van der Waals surface area contributed by atoms with E-state index >= 15 is 0 Å². The van der Waals surface area contributed by atoms with Crippen LogP contribution in [0.4, 0.5) is 0 Å². The van der Waals surface area contributed by atoms with Crippen molar-refractivity contribution in [3.05, 3.63) is 64.9 Å². The molecule has 0 aliphatic carbocycles. The lowest BCUT2D eigenvalue weighted by Crippen LogP contribution is -1.99. The highest BCUT2D eigenvalue weighted by molar-refractivity contribution is 9.10. The first-order chi connectivity index (χ1) is 8.83. The lowest BCUT2D eigenvalue weighted by Gasteiger charge is -2.04. The Morgan fingerprint density at radius 3 is 2.72 bits per heavy atom. The molecule has 2 aromatic carbocycles. The van der Waals surface area contributed by atoms with Gasteiger partial charge in [0.25, 0.3) is 0 Å². The summed E-state index contributed by atoms with van der Waals surface area (Å²) in [6, 6.07) is 16.8. The molecule has 0 fully saturated rings. The average molecular weight is 301 g/mol. The number of aromatic nitrogens is 2. The van der Waals surface area contributed by atoms with E-state index in [9.17, 15) is 0 Å².